The number of hydrogen-bond acceptors (Lipinski definition) is 3. The van der Waals surface area contributed by atoms with Crippen LogP contribution in [0.25, 0.3) is 0 Å². The molecule has 0 bridgehead atoms. The van der Waals surface area contributed by atoms with E-state index in [0.29, 0.717) is 12.5 Å². The van der Waals surface area contributed by atoms with Gasteiger partial charge >= 0.3 is 0 Å². The number of rotatable bonds is 8. The summed E-state index contributed by atoms with van der Waals surface area (Å²) in [4.78, 5) is 6.81. The third kappa shape index (κ3) is 4.94. The van der Waals surface area contributed by atoms with Gasteiger partial charge in [0.25, 0.3) is 0 Å². The van der Waals surface area contributed by atoms with E-state index in [-0.39, 0.29) is 0 Å². The molecule has 0 aromatic carbocycles. The predicted molar refractivity (Wildman–Crippen MR) is 76.3 cm³/mol. The van der Waals surface area contributed by atoms with Gasteiger partial charge in [-0.2, -0.15) is 4.98 Å². The van der Waals surface area contributed by atoms with Crippen molar-refractivity contribution in [1.82, 2.24) is 4.98 Å². The third-order valence-electron chi connectivity index (χ3n) is 2.46. The van der Waals surface area contributed by atoms with Crippen LogP contribution in [0.2, 0.25) is 0 Å². The van der Waals surface area contributed by atoms with Crippen LogP contribution in [0.1, 0.15) is 26.7 Å². The van der Waals surface area contributed by atoms with Crippen molar-refractivity contribution in [3.05, 3.63) is 18.2 Å². The highest BCUT2D eigenvalue weighted by atomic mass is 79.9. The molecule has 0 saturated carbocycles. The summed E-state index contributed by atoms with van der Waals surface area (Å²) in [6.45, 7) is 6.86. The maximum absolute atomic E-state index is 5.43. The fourth-order valence-electron chi connectivity index (χ4n) is 1.60. The van der Waals surface area contributed by atoms with Crippen LogP contribution in [0.5, 0.6) is 5.88 Å². The molecule has 0 atom stereocenters. The van der Waals surface area contributed by atoms with Crippen molar-refractivity contribution >= 4 is 21.7 Å². The molecule has 0 aliphatic rings. The van der Waals surface area contributed by atoms with Gasteiger partial charge < -0.3 is 9.64 Å². The Balaban J connectivity index is 2.73. The van der Waals surface area contributed by atoms with E-state index >= 15 is 0 Å². The van der Waals surface area contributed by atoms with Crippen molar-refractivity contribution in [2.45, 2.75) is 26.7 Å². The average Bonchev–Trinajstić information content (AvgIpc) is 2.35. The van der Waals surface area contributed by atoms with Crippen LogP contribution in [-0.2, 0) is 0 Å². The van der Waals surface area contributed by atoms with Gasteiger partial charge in [-0.1, -0.05) is 35.3 Å². The summed E-state index contributed by atoms with van der Waals surface area (Å²) in [5.41, 5.74) is 0. The van der Waals surface area contributed by atoms with Crippen LogP contribution in [0.3, 0.4) is 0 Å². The van der Waals surface area contributed by atoms with E-state index in [4.69, 9.17) is 4.74 Å². The number of halogens is 1. The highest BCUT2D eigenvalue weighted by molar-refractivity contribution is 9.09. The molecule has 3 nitrogen and oxygen atoms in total. The number of unbranched alkanes of at least 4 members (excludes halogenated alkanes) is 1. The first-order valence-electron chi connectivity index (χ1n) is 6.22. The summed E-state index contributed by atoms with van der Waals surface area (Å²) in [6.07, 6.45) is 2.39. The first kappa shape index (κ1) is 14.3. The molecular weight excluding hydrogens is 280 g/mol. The second-order valence-electron chi connectivity index (χ2n) is 3.80. The Morgan fingerprint density at radius 1 is 1.29 bits per heavy atom. The van der Waals surface area contributed by atoms with Crippen molar-refractivity contribution in [1.29, 1.82) is 0 Å². The summed E-state index contributed by atoms with van der Waals surface area (Å²) in [6, 6.07) is 5.94. The molecule has 1 aromatic heterocycles. The SMILES string of the molecule is CCCCN(CCBr)c1cccc(OCC)n1. The van der Waals surface area contributed by atoms with E-state index in [1.54, 1.807) is 0 Å². The third-order valence-corrected chi connectivity index (χ3v) is 2.82. The summed E-state index contributed by atoms with van der Waals surface area (Å²) >= 11 is 3.49. The second kappa shape index (κ2) is 8.34. The molecule has 0 amide bonds. The Kier molecular flexibility index (Phi) is 7.01. The normalized spacial score (nSPS) is 10.3. The monoisotopic (exact) mass is 300 g/mol. The summed E-state index contributed by atoms with van der Waals surface area (Å²) in [7, 11) is 0. The molecule has 4 heteroatoms. The molecule has 0 aliphatic heterocycles. The van der Waals surface area contributed by atoms with E-state index < -0.39 is 0 Å². The highest BCUT2D eigenvalue weighted by Crippen LogP contribution is 2.16. The zero-order chi connectivity index (χ0) is 12.5. The van der Waals surface area contributed by atoms with Gasteiger partial charge in [-0.15, -0.1) is 0 Å². The minimum Gasteiger partial charge on any atom is -0.478 e. The molecule has 1 heterocycles. The number of aromatic nitrogens is 1. The Hall–Kier alpha value is -0.770. The van der Waals surface area contributed by atoms with Crippen LogP contribution in [0.15, 0.2) is 18.2 Å². The van der Waals surface area contributed by atoms with Crippen molar-refractivity contribution < 1.29 is 4.74 Å². The molecule has 17 heavy (non-hydrogen) atoms. The molecular formula is C13H21BrN2O. The lowest BCUT2D eigenvalue weighted by Crippen LogP contribution is -2.27. The standard InChI is InChI=1S/C13H21BrN2O/c1-3-5-10-16(11-9-14)12-7-6-8-13(15-12)17-4-2/h6-8H,3-5,9-11H2,1-2H3. The molecule has 0 unspecified atom stereocenters. The van der Waals surface area contributed by atoms with E-state index in [9.17, 15) is 0 Å². The van der Waals surface area contributed by atoms with Crippen molar-refractivity contribution in [2.75, 3.05) is 29.9 Å². The molecule has 0 N–H and O–H groups in total. The van der Waals surface area contributed by atoms with Gasteiger partial charge in [0, 0.05) is 24.5 Å². The van der Waals surface area contributed by atoms with Gasteiger partial charge in [-0.3, -0.25) is 0 Å². The first-order valence-corrected chi connectivity index (χ1v) is 7.34. The van der Waals surface area contributed by atoms with E-state index in [1.807, 2.05) is 25.1 Å². The molecule has 1 rings (SSSR count). The van der Waals surface area contributed by atoms with Crippen LogP contribution in [-0.4, -0.2) is 30.0 Å². The van der Waals surface area contributed by atoms with Gasteiger partial charge in [-0.05, 0) is 19.4 Å². The molecule has 0 radical (unpaired) electrons. The van der Waals surface area contributed by atoms with Gasteiger partial charge in [0.1, 0.15) is 5.82 Å². The van der Waals surface area contributed by atoms with Gasteiger partial charge in [0.2, 0.25) is 5.88 Å². The van der Waals surface area contributed by atoms with Gasteiger partial charge in [-0.25, -0.2) is 0 Å². The van der Waals surface area contributed by atoms with E-state index in [0.717, 1.165) is 24.2 Å². The smallest absolute Gasteiger partial charge is 0.215 e. The van der Waals surface area contributed by atoms with E-state index in [1.165, 1.54) is 12.8 Å². The topological polar surface area (TPSA) is 25.4 Å². The van der Waals surface area contributed by atoms with Gasteiger partial charge in [0.15, 0.2) is 0 Å². The fourth-order valence-corrected chi connectivity index (χ4v) is 2.03. The number of nitrogens with zero attached hydrogens (tertiary/aromatic N) is 2. The Bertz CT molecular complexity index is 320. The highest BCUT2D eigenvalue weighted by Gasteiger charge is 2.07. The number of pyridine rings is 1. The van der Waals surface area contributed by atoms with E-state index in [2.05, 4.69) is 32.7 Å². The van der Waals surface area contributed by atoms with Gasteiger partial charge in [0.05, 0.1) is 6.61 Å². The summed E-state index contributed by atoms with van der Waals surface area (Å²) < 4.78 is 5.43. The minimum atomic E-state index is 0.657. The zero-order valence-electron chi connectivity index (χ0n) is 10.7. The average molecular weight is 301 g/mol. The fraction of sp³-hybridized carbons (Fsp3) is 0.615. The number of anilines is 1. The lowest BCUT2D eigenvalue weighted by atomic mass is 10.3. The molecule has 96 valence electrons. The quantitative estimate of drug-likeness (QED) is 0.687. The largest absolute Gasteiger partial charge is 0.478 e. The lowest BCUT2D eigenvalue weighted by molar-refractivity contribution is 0.327. The van der Waals surface area contributed by atoms with Crippen molar-refractivity contribution in [3.8, 4) is 5.88 Å². The molecule has 1 aromatic rings. The maximum atomic E-state index is 5.43. The number of ether oxygens (including phenoxy) is 1. The van der Waals surface area contributed by atoms with Crippen molar-refractivity contribution in [2.24, 2.45) is 0 Å². The molecule has 0 spiro atoms. The lowest BCUT2D eigenvalue weighted by Gasteiger charge is -2.22. The predicted octanol–water partition coefficient (Wildman–Crippen LogP) is 3.48. The number of alkyl halides is 1. The first-order chi connectivity index (χ1) is 8.31. The molecule has 0 saturated heterocycles. The Morgan fingerprint density at radius 3 is 2.76 bits per heavy atom. The second-order valence-corrected chi connectivity index (χ2v) is 4.59. The zero-order valence-corrected chi connectivity index (χ0v) is 12.2. The molecule has 0 fully saturated rings. The van der Waals surface area contributed by atoms with Crippen LogP contribution in [0, 0.1) is 0 Å². The van der Waals surface area contributed by atoms with Crippen molar-refractivity contribution in [3.63, 3.8) is 0 Å². The minimum absolute atomic E-state index is 0.657. The Morgan fingerprint density at radius 2 is 2.12 bits per heavy atom. The summed E-state index contributed by atoms with van der Waals surface area (Å²) in [5.74, 6) is 1.71. The number of hydrogen-bond donors (Lipinski definition) is 0. The van der Waals surface area contributed by atoms with Crippen LogP contribution < -0.4 is 9.64 Å². The summed E-state index contributed by atoms with van der Waals surface area (Å²) in [5, 5.41) is 0.956. The molecule has 0 aliphatic carbocycles. The van der Waals surface area contributed by atoms with Crippen LogP contribution >= 0.6 is 15.9 Å². The van der Waals surface area contributed by atoms with Crippen LogP contribution in [0.4, 0.5) is 5.82 Å². The Labute approximate surface area is 112 Å². The maximum Gasteiger partial charge on any atom is 0.215 e.